The molecule has 0 radical (unpaired) electrons. The van der Waals surface area contributed by atoms with E-state index < -0.39 is 0 Å². The summed E-state index contributed by atoms with van der Waals surface area (Å²) >= 11 is 3.45. The number of amides is 1. The smallest absolute Gasteiger partial charge is 0.283 e. The zero-order chi connectivity index (χ0) is 24.7. The average Bonchev–Trinajstić information content (AvgIpc) is 2.85. The molecule has 188 valence electrons. The molecule has 4 fully saturated rings. The number of aromatic nitrogens is 2. The second-order valence-electron chi connectivity index (χ2n) is 10.7. The lowest BCUT2D eigenvalue weighted by atomic mass is 9.45. The van der Waals surface area contributed by atoms with Gasteiger partial charge in [-0.15, -0.1) is 0 Å². The Labute approximate surface area is 214 Å². The predicted octanol–water partition coefficient (Wildman–Crippen LogP) is 3.96. The molecule has 8 nitrogen and oxygen atoms in total. The Morgan fingerprint density at radius 2 is 1.91 bits per heavy atom. The number of nitrogens with one attached hydrogen (secondary N) is 2. The van der Waals surface area contributed by atoms with Crippen LogP contribution in [-0.4, -0.2) is 48.0 Å². The van der Waals surface area contributed by atoms with Crippen molar-refractivity contribution in [3.63, 3.8) is 0 Å². The highest BCUT2D eigenvalue weighted by Gasteiger charge is 2.56. The van der Waals surface area contributed by atoms with Crippen LogP contribution in [0.5, 0.6) is 0 Å². The molecular weight excluding hydrogens is 510 g/mol. The molecule has 2 N–H and O–H groups in total. The topological polar surface area (TPSA) is 88.5 Å². The second kappa shape index (κ2) is 9.58. The molecule has 2 heterocycles. The molecule has 1 aromatic heterocycles. The number of nitrogens with zero attached hydrogens (tertiary/aromatic N) is 3. The molecule has 4 aliphatic rings. The van der Waals surface area contributed by atoms with Crippen molar-refractivity contribution in [3.8, 4) is 0 Å². The first-order valence-corrected chi connectivity index (χ1v) is 13.3. The molecular formula is C26H34BrN5O3. The quantitative estimate of drug-likeness (QED) is 0.573. The summed E-state index contributed by atoms with van der Waals surface area (Å²) in [6.07, 6.45) is 4.05. The van der Waals surface area contributed by atoms with Crippen LogP contribution in [0, 0.1) is 23.2 Å². The Bertz CT molecular complexity index is 1140. The lowest BCUT2D eigenvalue weighted by molar-refractivity contribution is -0.117. The van der Waals surface area contributed by atoms with Gasteiger partial charge < -0.3 is 20.3 Å². The molecule has 0 unspecified atom stereocenters. The molecule has 0 spiro atoms. The number of carbonyl (C=O) groups is 1. The van der Waals surface area contributed by atoms with E-state index in [1.54, 1.807) is 6.20 Å². The second-order valence-corrected chi connectivity index (χ2v) is 11.5. The highest BCUT2D eigenvalue weighted by molar-refractivity contribution is 9.10. The average molecular weight is 544 g/mol. The van der Waals surface area contributed by atoms with E-state index in [0.717, 1.165) is 44.3 Å². The number of hydrogen-bond donors (Lipinski definition) is 2. The Balaban J connectivity index is 1.20. The lowest BCUT2D eigenvalue weighted by Crippen LogP contribution is -2.58. The van der Waals surface area contributed by atoms with E-state index in [4.69, 9.17) is 4.74 Å². The Morgan fingerprint density at radius 3 is 2.57 bits per heavy atom. The van der Waals surface area contributed by atoms with Gasteiger partial charge in [0.15, 0.2) is 0 Å². The summed E-state index contributed by atoms with van der Waals surface area (Å²) < 4.78 is 7.01. The number of rotatable bonds is 6. The van der Waals surface area contributed by atoms with E-state index in [1.165, 1.54) is 11.1 Å². The van der Waals surface area contributed by atoms with Crippen LogP contribution in [-0.2, 0) is 16.1 Å². The van der Waals surface area contributed by atoms with Crippen LogP contribution in [0.25, 0.3) is 0 Å². The first-order chi connectivity index (χ1) is 16.7. The molecule has 2 bridgehead atoms. The molecule has 2 aromatic rings. The van der Waals surface area contributed by atoms with Crippen molar-refractivity contribution in [1.82, 2.24) is 9.78 Å². The third-order valence-electron chi connectivity index (χ3n) is 8.50. The van der Waals surface area contributed by atoms with Crippen LogP contribution in [0.2, 0.25) is 0 Å². The summed E-state index contributed by atoms with van der Waals surface area (Å²) in [5.41, 5.74) is 2.57. The van der Waals surface area contributed by atoms with Crippen LogP contribution in [0.4, 0.5) is 17.1 Å². The normalized spacial score (nSPS) is 27.1. The standard InChI is InChI=1S/C26H34BrN5O3/c1-16-20-12-17(26(20,2)3)13-21(16)30-22-14-28-32(25(34)24(22)27)15-23(33)29-18-4-6-19(7-5-18)31-8-10-35-11-9-31/h4-7,14,16-17,20-21,30H,8-13,15H2,1-3H3,(H,29,33)/t16-,17+,20-,21-/m1/s1. The fourth-order valence-corrected chi connectivity index (χ4v) is 6.55. The molecule has 1 amide bonds. The van der Waals surface area contributed by atoms with E-state index in [0.29, 0.717) is 39.1 Å². The molecule has 4 atom stereocenters. The van der Waals surface area contributed by atoms with Gasteiger partial charge in [-0.3, -0.25) is 9.59 Å². The highest BCUT2D eigenvalue weighted by Crippen LogP contribution is 2.61. The van der Waals surface area contributed by atoms with E-state index in [1.807, 2.05) is 24.3 Å². The van der Waals surface area contributed by atoms with Crippen LogP contribution >= 0.6 is 15.9 Å². The van der Waals surface area contributed by atoms with Gasteiger partial charge in [-0.05, 0) is 76.2 Å². The first-order valence-electron chi connectivity index (χ1n) is 12.5. The maximum atomic E-state index is 12.9. The van der Waals surface area contributed by atoms with E-state index >= 15 is 0 Å². The fraction of sp³-hybridized carbons (Fsp3) is 0.577. The van der Waals surface area contributed by atoms with Gasteiger partial charge in [0.2, 0.25) is 5.91 Å². The number of fused-ring (bicyclic) bond motifs is 2. The third-order valence-corrected chi connectivity index (χ3v) is 9.27. The fourth-order valence-electron chi connectivity index (χ4n) is 6.13. The van der Waals surface area contributed by atoms with Crippen molar-refractivity contribution in [3.05, 3.63) is 45.3 Å². The van der Waals surface area contributed by atoms with E-state index in [2.05, 4.69) is 57.3 Å². The summed E-state index contributed by atoms with van der Waals surface area (Å²) in [7, 11) is 0. The summed E-state index contributed by atoms with van der Waals surface area (Å²) in [6.45, 7) is 10.1. The van der Waals surface area contributed by atoms with E-state index in [-0.39, 0.29) is 18.0 Å². The first kappa shape index (κ1) is 24.3. The van der Waals surface area contributed by atoms with Crippen LogP contribution in [0.1, 0.15) is 33.6 Å². The van der Waals surface area contributed by atoms with Gasteiger partial charge in [0.1, 0.15) is 11.0 Å². The Kier molecular flexibility index (Phi) is 6.65. The van der Waals surface area contributed by atoms with Gasteiger partial charge in [-0.2, -0.15) is 5.10 Å². The van der Waals surface area contributed by atoms with Crippen LogP contribution < -0.4 is 21.1 Å². The maximum Gasteiger partial charge on any atom is 0.283 e. The van der Waals surface area contributed by atoms with Gasteiger partial charge in [0.25, 0.3) is 5.56 Å². The van der Waals surface area contributed by atoms with Crippen molar-refractivity contribution in [2.24, 2.45) is 23.2 Å². The van der Waals surface area contributed by atoms with Crippen molar-refractivity contribution < 1.29 is 9.53 Å². The summed E-state index contributed by atoms with van der Waals surface area (Å²) in [6, 6.07) is 8.04. The molecule has 6 rings (SSSR count). The number of carbonyl (C=O) groups excluding carboxylic acids is 1. The minimum Gasteiger partial charge on any atom is -0.380 e. The molecule has 3 saturated carbocycles. The molecule has 1 aromatic carbocycles. The lowest BCUT2D eigenvalue weighted by Gasteiger charge is -2.62. The number of anilines is 3. The van der Waals surface area contributed by atoms with Gasteiger partial charge in [0.05, 0.1) is 25.1 Å². The van der Waals surface area contributed by atoms with Crippen molar-refractivity contribution in [2.75, 3.05) is 41.8 Å². The Hall–Kier alpha value is -2.39. The maximum absolute atomic E-state index is 12.9. The molecule has 3 aliphatic carbocycles. The number of morpholine rings is 1. The summed E-state index contributed by atoms with van der Waals surface area (Å²) in [4.78, 5) is 27.8. The van der Waals surface area contributed by atoms with Gasteiger partial charge in [-0.25, -0.2) is 4.68 Å². The van der Waals surface area contributed by atoms with Gasteiger partial charge in [-0.1, -0.05) is 20.8 Å². The highest BCUT2D eigenvalue weighted by atomic mass is 79.9. The Morgan fingerprint density at radius 1 is 1.20 bits per heavy atom. The number of benzene rings is 1. The summed E-state index contributed by atoms with van der Waals surface area (Å²) in [5, 5.41) is 10.7. The predicted molar refractivity (Wildman–Crippen MR) is 141 cm³/mol. The third kappa shape index (κ3) is 4.72. The zero-order valence-corrected chi connectivity index (χ0v) is 22.2. The van der Waals surface area contributed by atoms with Crippen molar-refractivity contribution in [2.45, 2.75) is 46.2 Å². The van der Waals surface area contributed by atoms with Crippen LogP contribution in [0.3, 0.4) is 0 Å². The van der Waals surface area contributed by atoms with Gasteiger partial charge in [0, 0.05) is 30.5 Å². The minimum atomic E-state index is -0.318. The monoisotopic (exact) mass is 543 g/mol. The summed E-state index contributed by atoms with van der Waals surface area (Å²) in [5.74, 6) is 1.66. The number of ether oxygens (including phenoxy) is 1. The van der Waals surface area contributed by atoms with Crippen LogP contribution in [0.15, 0.2) is 39.7 Å². The van der Waals surface area contributed by atoms with Crippen molar-refractivity contribution in [1.29, 1.82) is 0 Å². The number of hydrogen-bond acceptors (Lipinski definition) is 6. The van der Waals surface area contributed by atoms with E-state index in [9.17, 15) is 9.59 Å². The molecule has 35 heavy (non-hydrogen) atoms. The number of halogens is 1. The van der Waals surface area contributed by atoms with Crippen molar-refractivity contribution >= 4 is 38.9 Å². The molecule has 9 heteroatoms. The zero-order valence-electron chi connectivity index (χ0n) is 20.6. The minimum absolute atomic E-state index is 0.152. The molecule has 1 saturated heterocycles. The van der Waals surface area contributed by atoms with Gasteiger partial charge >= 0.3 is 0 Å². The molecule has 1 aliphatic heterocycles. The SMILES string of the molecule is C[C@@H]1[C@H]2C[C@@H](C[C@H]1Nc1cnn(CC(=O)Nc3ccc(N4CCOCC4)cc3)c(=O)c1Br)C2(C)C. The largest absolute Gasteiger partial charge is 0.380 e.